The van der Waals surface area contributed by atoms with E-state index in [2.05, 4.69) is 20.8 Å². The van der Waals surface area contributed by atoms with Crippen molar-refractivity contribution < 1.29 is 9.47 Å². The van der Waals surface area contributed by atoms with E-state index in [0.29, 0.717) is 0 Å². The van der Waals surface area contributed by atoms with Crippen molar-refractivity contribution in [3.8, 4) is 0 Å². The van der Waals surface area contributed by atoms with Gasteiger partial charge in [-0.1, -0.05) is 0 Å². The molecule has 0 radical (unpaired) electrons. The second-order valence-electron chi connectivity index (χ2n) is 3.67. The van der Waals surface area contributed by atoms with E-state index in [1.54, 1.807) is 0 Å². The molecule has 2 nitrogen and oxygen atoms in total. The molecule has 1 heterocycles. The number of ether oxygens (including phenoxy) is 2. The zero-order chi connectivity index (χ0) is 7.61. The molecule has 1 aliphatic heterocycles. The third-order valence-electron chi connectivity index (χ3n) is 1.37. The van der Waals surface area contributed by atoms with Crippen molar-refractivity contribution in [3.63, 3.8) is 0 Å². The number of rotatable bonds is 1. The fourth-order valence-electron chi connectivity index (χ4n) is 1.04. The molecule has 1 saturated heterocycles. The molecule has 1 rings (SSSR count). The van der Waals surface area contributed by atoms with Gasteiger partial charge in [0.05, 0.1) is 5.60 Å². The summed E-state index contributed by atoms with van der Waals surface area (Å²) in [6, 6.07) is 0. The Morgan fingerprint density at radius 3 is 2.50 bits per heavy atom. The average molecular weight is 144 g/mol. The van der Waals surface area contributed by atoms with Gasteiger partial charge in [0.25, 0.3) is 0 Å². The first-order chi connectivity index (χ1) is 4.58. The summed E-state index contributed by atoms with van der Waals surface area (Å²) >= 11 is 0. The van der Waals surface area contributed by atoms with Crippen LogP contribution in [-0.2, 0) is 9.47 Å². The average Bonchev–Trinajstić information content (AvgIpc) is 2.12. The molecule has 0 amide bonds. The predicted molar refractivity (Wildman–Crippen MR) is 39.8 cm³/mol. The summed E-state index contributed by atoms with van der Waals surface area (Å²) in [6.07, 6.45) is 2.25. The molecule has 0 aromatic heterocycles. The molecule has 0 unspecified atom stereocenters. The minimum atomic E-state index is -0.0605. The molecule has 0 saturated carbocycles. The van der Waals surface area contributed by atoms with E-state index >= 15 is 0 Å². The van der Waals surface area contributed by atoms with Gasteiger partial charge in [0, 0.05) is 13.0 Å². The highest BCUT2D eigenvalue weighted by molar-refractivity contribution is 4.63. The van der Waals surface area contributed by atoms with E-state index in [9.17, 15) is 0 Å². The Morgan fingerprint density at radius 2 is 2.10 bits per heavy atom. The highest BCUT2D eigenvalue weighted by Crippen LogP contribution is 2.19. The van der Waals surface area contributed by atoms with Crippen LogP contribution in [0.3, 0.4) is 0 Å². The van der Waals surface area contributed by atoms with Gasteiger partial charge in [-0.2, -0.15) is 0 Å². The molecule has 10 heavy (non-hydrogen) atoms. The van der Waals surface area contributed by atoms with Crippen LogP contribution in [0, 0.1) is 0 Å². The van der Waals surface area contributed by atoms with Crippen LogP contribution in [0.1, 0.15) is 33.6 Å². The smallest absolute Gasteiger partial charge is 0.158 e. The topological polar surface area (TPSA) is 18.5 Å². The standard InChI is InChI=1S/C8H16O2/c1-8(2,3)10-7-5-4-6-9-7/h7H,4-6H2,1-3H3/t7-/m0/s1. The zero-order valence-electron chi connectivity index (χ0n) is 7.02. The molecule has 60 valence electrons. The van der Waals surface area contributed by atoms with Gasteiger partial charge < -0.3 is 9.47 Å². The third kappa shape index (κ3) is 2.67. The lowest BCUT2D eigenvalue weighted by Crippen LogP contribution is -2.26. The minimum absolute atomic E-state index is 0.0556. The molecule has 0 aliphatic carbocycles. The molecule has 0 N–H and O–H groups in total. The van der Waals surface area contributed by atoms with E-state index in [4.69, 9.17) is 9.47 Å². The lowest BCUT2D eigenvalue weighted by molar-refractivity contribution is -0.171. The first-order valence-electron chi connectivity index (χ1n) is 3.87. The molecule has 1 fully saturated rings. The fraction of sp³-hybridized carbons (Fsp3) is 1.00. The zero-order valence-corrected chi connectivity index (χ0v) is 7.02. The first kappa shape index (κ1) is 8.02. The molecule has 0 bridgehead atoms. The van der Waals surface area contributed by atoms with Crippen LogP contribution in [0.15, 0.2) is 0 Å². The molecule has 2 heteroatoms. The summed E-state index contributed by atoms with van der Waals surface area (Å²) in [5.74, 6) is 0. The van der Waals surface area contributed by atoms with Crippen molar-refractivity contribution in [3.05, 3.63) is 0 Å². The van der Waals surface area contributed by atoms with Crippen LogP contribution in [0.25, 0.3) is 0 Å². The fourth-order valence-corrected chi connectivity index (χ4v) is 1.04. The summed E-state index contributed by atoms with van der Waals surface area (Å²) in [5.41, 5.74) is -0.0605. The van der Waals surface area contributed by atoms with Crippen molar-refractivity contribution in [1.29, 1.82) is 0 Å². The van der Waals surface area contributed by atoms with E-state index < -0.39 is 0 Å². The second-order valence-corrected chi connectivity index (χ2v) is 3.67. The highest BCUT2D eigenvalue weighted by atomic mass is 16.7. The molecular weight excluding hydrogens is 128 g/mol. The quantitative estimate of drug-likeness (QED) is 0.560. The molecule has 0 spiro atoms. The van der Waals surface area contributed by atoms with Gasteiger partial charge >= 0.3 is 0 Å². The van der Waals surface area contributed by atoms with Crippen LogP contribution < -0.4 is 0 Å². The van der Waals surface area contributed by atoms with E-state index in [0.717, 1.165) is 19.4 Å². The van der Waals surface area contributed by atoms with E-state index in [-0.39, 0.29) is 11.9 Å². The number of hydrogen-bond acceptors (Lipinski definition) is 2. The van der Waals surface area contributed by atoms with Gasteiger partial charge in [0.2, 0.25) is 0 Å². The van der Waals surface area contributed by atoms with Crippen molar-refractivity contribution in [2.45, 2.75) is 45.5 Å². The van der Waals surface area contributed by atoms with Crippen molar-refractivity contribution in [2.75, 3.05) is 6.61 Å². The van der Waals surface area contributed by atoms with Crippen LogP contribution in [0.5, 0.6) is 0 Å². The lowest BCUT2D eigenvalue weighted by atomic mass is 10.2. The van der Waals surface area contributed by atoms with Crippen LogP contribution in [-0.4, -0.2) is 18.5 Å². The van der Waals surface area contributed by atoms with Crippen LogP contribution >= 0.6 is 0 Å². The summed E-state index contributed by atoms with van der Waals surface area (Å²) in [7, 11) is 0. The van der Waals surface area contributed by atoms with Gasteiger partial charge in [-0.3, -0.25) is 0 Å². The summed E-state index contributed by atoms with van der Waals surface area (Å²) < 4.78 is 10.9. The van der Waals surface area contributed by atoms with Crippen molar-refractivity contribution in [1.82, 2.24) is 0 Å². The highest BCUT2D eigenvalue weighted by Gasteiger charge is 2.22. The summed E-state index contributed by atoms with van der Waals surface area (Å²) in [6.45, 7) is 7.01. The summed E-state index contributed by atoms with van der Waals surface area (Å²) in [4.78, 5) is 0. The maximum absolute atomic E-state index is 5.58. The predicted octanol–water partition coefficient (Wildman–Crippen LogP) is 1.94. The monoisotopic (exact) mass is 144 g/mol. The maximum Gasteiger partial charge on any atom is 0.158 e. The van der Waals surface area contributed by atoms with Gasteiger partial charge in [0.1, 0.15) is 0 Å². The Labute approximate surface area is 62.5 Å². The summed E-state index contributed by atoms with van der Waals surface area (Å²) in [5, 5.41) is 0. The van der Waals surface area contributed by atoms with Gasteiger partial charge in [-0.25, -0.2) is 0 Å². The molecular formula is C8H16O2. The molecule has 1 aliphatic rings. The van der Waals surface area contributed by atoms with Gasteiger partial charge in [0.15, 0.2) is 6.29 Å². The van der Waals surface area contributed by atoms with Crippen LogP contribution in [0.4, 0.5) is 0 Å². The molecule has 0 aromatic rings. The molecule has 1 atom stereocenters. The SMILES string of the molecule is CC(C)(C)O[C@H]1CCCO1. The Morgan fingerprint density at radius 1 is 1.40 bits per heavy atom. The van der Waals surface area contributed by atoms with Crippen molar-refractivity contribution >= 4 is 0 Å². The van der Waals surface area contributed by atoms with Gasteiger partial charge in [-0.05, 0) is 27.2 Å². The van der Waals surface area contributed by atoms with E-state index in [1.165, 1.54) is 0 Å². The lowest BCUT2D eigenvalue weighted by Gasteiger charge is -2.23. The largest absolute Gasteiger partial charge is 0.353 e. The third-order valence-corrected chi connectivity index (χ3v) is 1.37. The Bertz CT molecular complexity index is 98.3. The molecule has 0 aromatic carbocycles. The Kier molecular flexibility index (Phi) is 2.32. The first-order valence-corrected chi connectivity index (χ1v) is 3.87. The van der Waals surface area contributed by atoms with Gasteiger partial charge in [-0.15, -0.1) is 0 Å². The minimum Gasteiger partial charge on any atom is -0.353 e. The van der Waals surface area contributed by atoms with Crippen LogP contribution in [0.2, 0.25) is 0 Å². The second kappa shape index (κ2) is 2.89. The number of hydrogen-bond donors (Lipinski definition) is 0. The normalized spacial score (nSPS) is 27.3. The maximum atomic E-state index is 5.58. The van der Waals surface area contributed by atoms with E-state index in [1.807, 2.05) is 0 Å². The Balaban J connectivity index is 2.24. The Hall–Kier alpha value is -0.0800. The van der Waals surface area contributed by atoms with Crippen molar-refractivity contribution in [2.24, 2.45) is 0 Å².